The number of amides is 1. The number of nitrogens with two attached hydrogens (primary N) is 1. The number of carboxylic acid groups (broad SMARTS) is 1. The summed E-state index contributed by atoms with van der Waals surface area (Å²) in [6, 6.07) is -0.386. The summed E-state index contributed by atoms with van der Waals surface area (Å²) in [5.74, 6) is -0.413. The Balaban J connectivity index is 2.31. The lowest BCUT2D eigenvalue weighted by atomic mass is 10.0. The van der Waals surface area contributed by atoms with Gasteiger partial charge < -0.3 is 15.7 Å². The molecule has 0 spiro atoms. The number of rotatable bonds is 7. The van der Waals surface area contributed by atoms with Crippen LogP contribution in [0.4, 0.5) is 0 Å². The van der Waals surface area contributed by atoms with E-state index in [-0.39, 0.29) is 18.4 Å². The first-order valence-electron chi connectivity index (χ1n) is 6.80. The van der Waals surface area contributed by atoms with E-state index in [1.165, 1.54) is 0 Å². The molecule has 0 radical (unpaired) electrons. The maximum absolute atomic E-state index is 12.0. The van der Waals surface area contributed by atoms with Crippen molar-refractivity contribution in [3.05, 3.63) is 0 Å². The van der Waals surface area contributed by atoms with Crippen molar-refractivity contribution in [2.75, 3.05) is 13.1 Å². The van der Waals surface area contributed by atoms with Crippen LogP contribution in [0.3, 0.4) is 0 Å². The number of aliphatic carboxylic acids is 1. The Kier molecular flexibility index (Phi) is 6.12. The van der Waals surface area contributed by atoms with Crippen LogP contribution < -0.4 is 5.73 Å². The Morgan fingerprint density at radius 1 is 1.50 bits per heavy atom. The number of carbonyl (C=O) groups is 2. The van der Waals surface area contributed by atoms with E-state index in [0.29, 0.717) is 18.9 Å². The van der Waals surface area contributed by atoms with Gasteiger partial charge in [0.25, 0.3) is 0 Å². The summed E-state index contributed by atoms with van der Waals surface area (Å²) in [4.78, 5) is 24.3. The van der Waals surface area contributed by atoms with Gasteiger partial charge in [0.2, 0.25) is 5.91 Å². The van der Waals surface area contributed by atoms with E-state index in [2.05, 4.69) is 6.92 Å². The van der Waals surface area contributed by atoms with E-state index in [9.17, 15) is 9.59 Å². The SMILES string of the molecule is CCCCC(N)C(=O)N1CCC(CCC(=O)O)C1. The van der Waals surface area contributed by atoms with Gasteiger partial charge in [0.15, 0.2) is 0 Å². The van der Waals surface area contributed by atoms with Crippen LogP contribution >= 0.6 is 0 Å². The smallest absolute Gasteiger partial charge is 0.303 e. The van der Waals surface area contributed by atoms with E-state index in [4.69, 9.17) is 10.8 Å². The molecule has 1 fully saturated rings. The van der Waals surface area contributed by atoms with Crippen molar-refractivity contribution < 1.29 is 14.7 Å². The monoisotopic (exact) mass is 256 g/mol. The van der Waals surface area contributed by atoms with Crippen molar-refractivity contribution >= 4 is 11.9 Å². The second kappa shape index (κ2) is 7.36. The summed E-state index contributed by atoms with van der Waals surface area (Å²) in [7, 11) is 0. The maximum Gasteiger partial charge on any atom is 0.303 e. The quantitative estimate of drug-likeness (QED) is 0.717. The van der Waals surface area contributed by atoms with Crippen molar-refractivity contribution in [3.63, 3.8) is 0 Å². The fourth-order valence-electron chi connectivity index (χ4n) is 2.38. The Bertz CT molecular complexity index is 294. The molecule has 2 atom stereocenters. The molecule has 1 rings (SSSR count). The molecule has 1 saturated heterocycles. The van der Waals surface area contributed by atoms with Crippen molar-refractivity contribution in [1.29, 1.82) is 0 Å². The molecule has 3 N–H and O–H groups in total. The van der Waals surface area contributed by atoms with E-state index in [1.807, 2.05) is 0 Å². The fourth-order valence-corrected chi connectivity index (χ4v) is 2.38. The molecule has 0 aromatic carbocycles. The molecule has 1 aliphatic rings. The molecule has 0 bridgehead atoms. The van der Waals surface area contributed by atoms with E-state index >= 15 is 0 Å². The van der Waals surface area contributed by atoms with E-state index < -0.39 is 5.97 Å². The Morgan fingerprint density at radius 3 is 2.83 bits per heavy atom. The third-order valence-corrected chi connectivity index (χ3v) is 3.55. The number of hydrogen-bond acceptors (Lipinski definition) is 3. The minimum absolute atomic E-state index is 0.0290. The molecule has 0 saturated carbocycles. The number of nitrogens with zero attached hydrogens (tertiary/aromatic N) is 1. The largest absolute Gasteiger partial charge is 0.481 e. The number of hydrogen-bond donors (Lipinski definition) is 2. The van der Waals surface area contributed by atoms with Crippen LogP contribution in [0.25, 0.3) is 0 Å². The molecule has 104 valence electrons. The van der Waals surface area contributed by atoms with Crippen LogP contribution in [0.15, 0.2) is 0 Å². The standard InChI is InChI=1S/C13H24N2O3/c1-2-3-4-11(14)13(18)15-8-7-10(9-15)5-6-12(16)17/h10-11H,2-9,14H2,1H3,(H,16,17). The third kappa shape index (κ3) is 4.64. The minimum atomic E-state index is -0.764. The minimum Gasteiger partial charge on any atom is -0.481 e. The van der Waals surface area contributed by atoms with Gasteiger partial charge in [-0.2, -0.15) is 0 Å². The highest BCUT2D eigenvalue weighted by Gasteiger charge is 2.28. The normalized spacial score (nSPS) is 21.0. The summed E-state index contributed by atoms with van der Waals surface area (Å²) >= 11 is 0. The zero-order valence-electron chi connectivity index (χ0n) is 11.1. The van der Waals surface area contributed by atoms with Crippen molar-refractivity contribution in [2.45, 2.75) is 51.5 Å². The fraction of sp³-hybridized carbons (Fsp3) is 0.846. The van der Waals surface area contributed by atoms with Gasteiger partial charge in [-0.1, -0.05) is 19.8 Å². The second-order valence-electron chi connectivity index (χ2n) is 5.12. The van der Waals surface area contributed by atoms with Crippen LogP contribution in [0.2, 0.25) is 0 Å². The van der Waals surface area contributed by atoms with Gasteiger partial charge in [-0.3, -0.25) is 9.59 Å². The van der Waals surface area contributed by atoms with Crippen LogP contribution in [0, 0.1) is 5.92 Å². The van der Waals surface area contributed by atoms with Gasteiger partial charge in [-0.25, -0.2) is 0 Å². The predicted octanol–water partition coefficient (Wildman–Crippen LogP) is 1.22. The predicted molar refractivity (Wildman–Crippen MR) is 69.1 cm³/mol. The maximum atomic E-state index is 12.0. The topological polar surface area (TPSA) is 83.6 Å². The summed E-state index contributed by atoms with van der Waals surface area (Å²) in [6.07, 6.45) is 4.51. The Morgan fingerprint density at radius 2 is 2.22 bits per heavy atom. The third-order valence-electron chi connectivity index (χ3n) is 3.55. The highest BCUT2D eigenvalue weighted by molar-refractivity contribution is 5.81. The first-order chi connectivity index (χ1) is 8.54. The summed E-state index contributed by atoms with van der Waals surface area (Å²) < 4.78 is 0. The van der Waals surface area contributed by atoms with Gasteiger partial charge in [0.1, 0.15) is 0 Å². The molecule has 5 heteroatoms. The summed E-state index contributed by atoms with van der Waals surface area (Å²) in [5.41, 5.74) is 5.87. The molecule has 18 heavy (non-hydrogen) atoms. The highest BCUT2D eigenvalue weighted by Crippen LogP contribution is 2.21. The van der Waals surface area contributed by atoms with Crippen molar-refractivity contribution in [1.82, 2.24) is 4.90 Å². The summed E-state index contributed by atoms with van der Waals surface area (Å²) in [5, 5.41) is 8.63. The molecule has 0 aliphatic carbocycles. The van der Waals surface area contributed by atoms with Gasteiger partial charge >= 0.3 is 5.97 Å². The molecule has 2 unspecified atom stereocenters. The lowest BCUT2D eigenvalue weighted by Gasteiger charge is -2.20. The number of unbranched alkanes of at least 4 members (excludes halogenated alkanes) is 1. The number of carboxylic acids is 1. The Labute approximate surface area is 108 Å². The van der Waals surface area contributed by atoms with E-state index in [0.717, 1.165) is 32.2 Å². The lowest BCUT2D eigenvalue weighted by Crippen LogP contribution is -2.42. The molecular weight excluding hydrogens is 232 g/mol. The molecule has 5 nitrogen and oxygen atoms in total. The zero-order valence-corrected chi connectivity index (χ0v) is 11.1. The molecular formula is C13H24N2O3. The molecule has 1 amide bonds. The highest BCUT2D eigenvalue weighted by atomic mass is 16.4. The lowest BCUT2D eigenvalue weighted by molar-refractivity contribution is -0.137. The average Bonchev–Trinajstić information content (AvgIpc) is 2.81. The first-order valence-corrected chi connectivity index (χ1v) is 6.80. The van der Waals surface area contributed by atoms with Crippen LogP contribution in [-0.2, 0) is 9.59 Å². The van der Waals surface area contributed by atoms with Crippen molar-refractivity contribution in [2.24, 2.45) is 11.7 Å². The Hall–Kier alpha value is -1.10. The van der Waals surface area contributed by atoms with Crippen LogP contribution in [0.5, 0.6) is 0 Å². The van der Waals surface area contributed by atoms with Gasteiger partial charge in [0.05, 0.1) is 6.04 Å². The second-order valence-corrected chi connectivity index (χ2v) is 5.12. The van der Waals surface area contributed by atoms with Gasteiger partial charge in [-0.15, -0.1) is 0 Å². The zero-order chi connectivity index (χ0) is 13.5. The van der Waals surface area contributed by atoms with Crippen LogP contribution in [-0.4, -0.2) is 41.0 Å². The first kappa shape index (κ1) is 15.0. The van der Waals surface area contributed by atoms with Gasteiger partial charge in [-0.05, 0) is 25.2 Å². The number of carbonyl (C=O) groups excluding carboxylic acids is 1. The summed E-state index contributed by atoms with van der Waals surface area (Å²) in [6.45, 7) is 3.48. The molecule has 0 aromatic rings. The van der Waals surface area contributed by atoms with Crippen LogP contribution in [0.1, 0.15) is 45.4 Å². The van der Waals surface area contributed by atoms with E-state index in [1.54, 1.807) is 4.90 Å². The van der Waals surface area contributed by atoms with Gasteiger partial charge in [0, 0.05) is 19.5 Å². The van der Waals surface area contributed by atoms with Crippen molar-refractivity contribution in [3.8, 4) is 0 Å². The number of likely N-dealkylation sites (tertiary alicyclic amines) is 1. The molecule has 1 heterocycles. The average molecular weight is 256 g/mol. The molecule has 1 aliphatic heterocycles. The molecule has 0 aromatic heterocycles.